The lowest BCUT2D eigenvalue weighted by Crippen LogP contribution is -2.64. The molecule has 2 saturated carbocycles. The summed E-state index contributed by atoms with van der Waals surface area (Å²) < 4.78 is 17.6. The molecular formula is C17H32N2O3S. The predicted octanol–water partition coefficient (Wildman–Crippen LogP) is 2.57. The molecule has 0 heterocycles. The Labute approximate surface area is 142 Å². The SMILES string of the molecule is CCO[C@@H]1C[C@H](NC(=O)NCC[S@@](=O)C(C)(C)C)C12CCCC2. The Balaban J connectivity index is 1.76. The molecule has 2 rings (SSSR count). The van der Waals surface area contributed by atoms with Crippen LogP contribution in [0.2, 0.25) is 0 Å². The Morgan fingerprint density at radius 1 is 1.30 bits per heavy atom. The average molecular weight is 345 g/mol. The van der Waals surface area contributed by atoms with Crippen LogP contribution in [0.3, 0.4) is 0 Å². The van der Waals surface area contributed by atoms with Crippen LogP contribution in [0.15, 0.2) is 0 Å². The van der Waals surface area contributed by atoms with Crippen LogP contribution in [-0.4, -0.2) is 46.0 Å². The Morgan fingerprint density at radius 3 is 2.52 bits per heavy atom. The zero-order valence-corrected chi connectivity index (χ0v) is 15.8. The van der Waals surface area contributed by atoms with E-state index in [0.717, 1.165) is 25.9 Å². The van der Waals surface area contributed by atoms with Gasteiger partial charge >= 0.3 is 6.03 Å². The van der Waals surface area contributed by atoms with E-state index in [1.807, 2.05) is 27.7 Å². The summed E-state index contributed by atoms with van der Waals surface area (Å²) in [5, 5.41) is 5.98. The topological polar surface area (TPSA) is 67.4 Å². The van der Waals surface area contributed by atoms with Gasteiger partial charge in [-0.1, -0.05) is 12.8 Å². The van der Waals surface area contributed by atoms with Crippen molar-refractivity contribution in [3.8, 4) is 0 Å². The highest BCUT2D eigenvalue weighted by Gasteiger charge is 2.57. The lowest BCUT2D eigenvalue weighted by molar-refractivity contribution is -0.126. The highest BCUT2D eigenvalue weighted by atomic mass is 32.2. The summed E-state index contributed by atoms with van der Waals surface area (Å²) in [6.07, 6.45) is 5.97. The zero-order chi connectivity index (χ0) is 17.1. The van der Waals surface area contributed by atoms with E-state index >= 15 is 0 Å². The molecule has 1 spiro atoms. The Hall–Kier alpha value is -0.620. The maximum atomic E-state index is 12.1. The average Bonchev–Trinajstić information content (AvgIpc) is 2.97. The van der Waals surface area contributed by atoms with Gasteiger partial charge in [0.1, 0.15) is 0 Å². The normalized spacial score (nSPS) is 27.5. The number of nitrogens with one attached hydrogen (secondary N) is 2. The minimum Gasteiger partial charge on any atom is -0.378 e. The first kappa shape index (κ1) is 18.7. The van der Waals surface area contributed by atoms with Crippen molar-refractivity contribution in [2.45, 2.75) is 76.7 Å². The van der Waals surface area contributed by atoms with Gasteiger partial charge in [0, 0.05) is 45.9 Å². The zero-order valence-electron chi connectivity index (χ0n) is 14.9. The van der Waals surface area contributed by atoms with Crippen molar-refractivity contribution < 1.29 is 13.7 Å². The second kappa shape index (κ2) is 7.51. The molecule has 2 N–H and O–H groups in total. The summed E-state index contributed by atoms with van der Waals surface area (Å²) in [4.78, 5) is 12.1. The minimum absolute atomic E-state index is 0.137. The molecular weight excluding hydrogens is 312 g/mol. The van der Waals surface area contributed by atoms with Crippen LogP contribution in [0.25, 0.3) is 0 Å². The first-order valence-corrected chi connectivity index (χ1v) is 10.2. The molecule has 0 bridgehead atoms. The number of carbonyl (C=O) groups is 1. The summed E-state index contributed by atoms with van der Waals surface area (Å²) in [6, 6.07) is 0.0804. The third-order valence-corrected chi connectivity index (χ3v) is 7.19. The van der Waals surface area contributed by atoms with E-state index in [4.69, 9.17) is 4.74 Å². The van der Waals surface area contributed by atoms with Gasteiger partial charge in [0.15, 0.2) is 0 Å². The monoisotopic (exact) mass is 344 g/mol. The van der Waals surface area contributed by atoms with Crippen LogP contribution in [0.4, 0.5) is 4.79 Å². The fraction of sp³-hybridized carbons (Fsp3) is 0.941. The number of amides is 2. The van der Waals surface area contributed by atoms with E-state index in [9.17, 15) is 9.00 Å². The van der Waals surface area contributed by atoms with Crippen molar-refractivity contribution in [3.63, 3.8) is 0 Å². The highest BCUT2D eigenvalue weighted by Crippen LogP contribution is 2.54. The molecule has 2 aliphatic carbocycles. The predicted molar refractivity (Wildman–Crippen MR) is 94.0 cm³/mol. The highest BCUT2D eigenvalue weighted by molar-refractivity contribution is 7.86. The fourth-order valence-electron chi connectivity index (χ4n) is 3.86. The molecule has 23 heavy (non-hydrogen) atoms. The molecule has 2 aliphatic rings. The van der Waals surface area contributed by atoms with Crippen LogP contribution in [-0.2, 0) is 15.5 Å². The van der Waals surface area contributed by atoms with E-state index in [-0.39, 0.29) is 22.2 Å². The van der Waals surface area contributed by atoms with Crippen LogP contribution in [0.1, 0.15) is 59.8 Å². The van der Waals surface area contributed by atoms with Gasteiger partial charge in [-0.2, -0.15) is 0 Å². The lowest BCUT2D eigenvalue weighted by atomic mass is 9.60. The number of rotatable bonds is 6. The third-order valence-electron chi connectivity index (χ3n) is 5.25. The van der Waals surface area contributed by atoms with Crippen molar-refractivity contribution in [2.75, 3.05) is 18.9 Å². The number of ether oxygens (including phenoxy) is 1. The molecule has 3 atom stereocenters. The van der Waals surface area contributed by atoms with Crippen molar-refractivity contribution >= 4 is 16.8 Å². The molecule has 5 nitrogen and oxygen atoms in total. The summed E-state index contributed by atoms with van der Waals surface area (Å²) in [5.74, 6) is 0.494. The summed E-state index contributed by atoms with van der Waals surface area (Å²) in [7, 11) is -0.934. The molecule has 0 unspecified atom stereocenters. The summed E-state index contributed by atoms with van der Waals surface area (Å²) in [6.45, 7) is 9.08. The molecule has 0 radical (unpaired) electrons. The summed E-state index contributed by atoms with van der Waals surface area (Å²) >= 11 is 0. The first-order chi connectivity index (χ1) is 10.8. The van der Waals surface area contributed by atoms with Gasteiger partial charge in [0.05, 0.1) is 6.10 Å². The molecule has 0 aliphatic heterocycles. The van der Waals surface area contributed by atoms with Crippen molar-refractivity contribution in [2.24, 2.45) is 5.41 Å². The first-order valence-electron chi connectivity index (χ1n) is 8.84. The maximum Gasteiger partial charge on any atom is 0.315 e. The van der Waals surface area contributed by atoms with Gasteiger partial charge in [0.2, 0.25) is 0 Å². The Bertz CT molecular complexity index is 442. The van der Waals surface area contributed by atoms with Gasteiger partial charge < -0.3 is 15.4 Å². The van der Waals surface area contributed by atoms with Crippen LogP contribution < -0.4 is 10.6 Å². The van der Waals surface area contributed by atoms with Crippen molar-refractivity contribution in [1.29, 1.82) is 0 Å². The van der Waals surface area contributed by atoms with Gasteiger partial charge in [0.25, 0.3) is 0 Å². The van der Waals surface area contributed by atoms with Crippen molar-refractivity contribution in [1.82, 2.24) is 10.6 Å². The van der Waals surface area contributed by atoms with E-state index in [0.29, 0.717) is 18.4 Å². The second-order valence-electron chi connectivity index (χ2n) is 7.73. The third kappa shape index (κ3) is 4.27. The molecule has 0 aromatic carbocycles. The molecule has 2 fully saturated rings. The smallest absolute Gasteiger partial charge is 0.315 e. The largest absolute Gasteiger partial charge is 0.378 e. The van der Waals surface area contributed by atoms with Gasteiger partial charge in [-0.25, -0.2) is 4.79 Å². The number of hydrogen-bond acceptors (Lipinski definition) is 3. The molecule has 134 valence electrons. The van der Waals surface area contributed by atoms with E-state index in [1.165, 1.54) is 12.8 Å². The number of hydrogen-bond donors (Lipinski definition) is 2. The van der Waals surface area contributed by atoms with E-state index in [2.05, 4.69) is 10.6 Å². The number of carbonyl (C=O) groups excluding carboxylic acids is 1. The Morgan fingerprint density at radius 2 is 1.96 bits per heavy atom. The molecule has 0 aromatic rings. The van der Waals surface area contributed by atoms with Crippen LogP contribution in [0.5, 0.6) is 0 Å². The van der Waals surface area contributed by atoms with Crippen molar-refractivity contribution in [3.05, 3.63) is 0 Å². The van der Waals surface area contributed by atoms with Crippen LogP contribution in [0, 0.1) is 5.41 Å². The van der Waals surface area contributed by atoms with E-state index in [1.54, 1.807) is 0 Å². The molecule has 6 heteroatoms. The van der Waals surface area contributed by atoms with Gasteiger partial charge in [-0.3, -0.25) is 4.21 Å². The maximum absolute atomic E-state index is 12.1. The van der Waals surface area contributed by atoms with E-state index < -0.39 is 10.8 Å². The van der Waals surface area contributed by atoms with Gasteiger partial charge in [-0.05, 0) is 47.0 Å². The molecule has 2 amide bonds. The lowest BCUT2D eigenvalue weighted by Gasteiger charge is -2.53. The van der Waals surface area contributed by atoms with Gasteiger partial charge in [-0.15, -0.1) is 0 Å². The number of urea groups is 1. The summed E-state index contributed by atoms with van der Waals surface area (Å²) in [5.41, 5.74) is 0.154. The minimum atomic E-state index is -0.934. The Kier molecular flexibility index (Phi) is 6.11. The second-order valence-corrected chi connectivity index (χ2v) is 10.1. The molecule has 0 saturated heterocycles. The quantitative estimate of drug-likeness (QED) is 0.778. The standard InChI is InChI=1S/C17H32N2O3S/c1-5-22-14-12-13(17(14)8-6-7-9-17)19-15(20)18-10-11-23(21)16(2,3)4/h13-14H,5-12H2,1-4H3,(H2,18,19,20)/t13-,14+,23+/m0/s1. The van der Waals surface area contributed by atoms with Crippen LogP contribution >= 0.6 is 0 Å². The fourth-order valence-corrected chi connectivity index (χ4v) is 4.76. The molecule has 0 aromatic heterocycles.